The van der Waals surface area contributed by atoms with E-state index in [1.54, 1.807) is 12.1 Å². The van der Waals surface area contributed by atoms with Gasteiger partial charge in [-0.1, -0.05) is 18.2 Å². The molecule has 21 heavy (non-hydrogen) atoms. The fourth-order valence-corrected chi connectivity index (χ4v) is 2.09. The Morgan fingerprint density at radius 2 is 2.00 bits per heavy atom. The maximum atomic E-state index is 11.9. The number of pyridine rings is 1. The lowest BCUT2D eigenvalue weighted by molar-refractivity contribution is 0.0995. The number of aryl methyl sites for hydroxylation is 1. The minimum atomic E-state index is -0.487. The molecule has 2 heterocycles. The van der Waals surface area contributed by atoms with Crippen molar-refractivity contribution in [1.29, 1.82) is 0 Å². The van der Waals surface area contributed by atoms with Crippen molar-refractivity contribution >= 4 is 22.5 Å². The fraction of sp³-hybridized carbons (Fsp3) is 0.0667. The van der Waals surface area contributed by atoms with Crippen LogP contribution >= 0.6 is 0 Å². The zero-order chi connectivity index (χ0) is 14.8. The van der Waals surface area contributed by atoms with Gasteiger partial charge in [-0.3, -0.25) is 9.78 Å². The van der Waals surface area contributed by atoms with E-state index in [4.69, 9.17) is 0 Å². The number of carbonyl (C=O) groups excluding carboxylic acids is 1. The van der Waals surface area contributed by atoms with Crippen molar-refractivity contribution in [3.05, 3.63) is 53.9 Å². The molecule has 0 saturated carbocycles. The van der Waals surface area contributed by atoms with Crippen molar-refractivity contribution in [1.82, 2.24) is 9.97 Å². The second-order valence-corrected chi connectivity index (χ2v) is 4.56. The third kappa shape index (κ3) is 2.38. The van der Waals surface area contributed by atoms with E-state index in [1.165, 1.54) is 12.4 Å². The highest BCUT2D eigenvalue weighted by molar-refractivity contribution is 5.97. The monoisotopic (exact) mass is 280 g/mol. The van der Waals surface area contributed by atoms with Crippen LogP contribution in [0.15, 0.2) is 53.0 Å². The largest absolute Gasteiger partial charge is 0.493 e. The number of nitrogens with one attached hydrogen (secondary N) is 1. The van der Waals surface area contributed by atoms with E-state index < -0.39 is 5.91 Å². The molecule has 0 aliphatic carbocycles. The number of benzene rings is 1. The van der Waals surface area contributed by atoms with E-state index in [0.717, 1.165) is 16.5 Å². The topological polar surface area (TPSA) is 90.7 Å². The number of aromatic hydroxyl groups is 1. The number of aromatic nitrogens is 2. The van der Waals surface area contributed by atoms with E-state index in [-0.39, 0.29) is 11.6 Å². The fourth-order valence-electron chi connectivity index (χ4n) is 2.09. The number of aromatic amines is 1. The molecular formula is C15H12N4O2. The molecule has 0 radical (unpaired) electrons. The van der Waals surface area contributed by atoms with Crippen LogP contribution < -0.4 is 0 Å². The molecule has 0 fully saturated rings. The van der Waals surface area contributed by atoms with Crippen molar-refractivity contribution < 1.29 is 9.90 Å². The summed E-state index contributed by atoms with van der Waals surface area (Å²) in [6.45, 7) is 1.92. The SMILES string of the molecule is Cc1cccc2c(N=NC(=O)c3ccncc3)c(O)[nH]c12. The number of hydrogen-bond acceptors (Lipinski definition) is 4. The minimum absolute atomic E-state index is 0.106. The molecular weight excluding hydrogens is 268 g/mol. The van der Waals surface area contributed by atoms with Gasteiger partial charge in [-0.15, -0.1) is 10.2 Å². The third-order valence-electron chi connectivity index (χ3n) is 3.16. The normalized spacial score (nSPS) is 11.3. The van der Waals surface area contributed by atoms with Crippen LogP contribution in [0.2, 0.25) is 0 Å². The Bertz CT molecular complexity index is 838. The van der Waals surface area contributed by atoms with Gasteiger partial charge in [-0.25, -0.2) is 0 Å². The van der Waals surface area contributed by atoms with Gasteiger partial charge in [0.05, 0.1) is 5.52 Å². The summed E-state index contributed by atoms with van der Waals surface area (Å²) in [6, 6.07) is 8.70. The van der Waals surface area contributed by atoms with Gasteiger partial charge in [0.1, 0.15) is 0 Å². The van der Waals surface area contributed by atoms with E-state index in [1.807, 2.05) is 25.1 Å². The molecule has 0 bridgehead atoms. The lowest BCUT2D eigenvalue weighted by Gasteiger charge is -1.95. The summed E-state index contributed by atoms with van der Waals surface area (Å²) in [5, 5.41) is 18.2. The molecule has 3 aromatic rings. The maximum absolute atomic E-state index is 11.9. The highest BCUT2D eigenvalue weighted by Crippen LogP contribution is 2.36. The zero-order valence-electron chi connectivity index (χ0n) is 11.2. The lowest BCUT2D eigenvalue weighted by atomic mass is 10.1. The van der Waals surface area contributed by atoms with Gasteiger partial charge in [0.15, 0.2) is 5.69 Å². The molecule has 2 N–H and O–H groups in total. The lowest BCUT2D eigenvalue weighted by Crippen LogP contribution is -1.92. The Labute approximate surface area is 120 Å². The molecule has 6 nitrogen and oxygen atoms in total. The first-order chi connectivity index (χ1) is 10.2. The van der Waals surface area contributed by atoms with E-state index in [2.05, 4.69) is 20.2 Å². The van der Waals surface area contributed by atoms with Crippen molar-refractivity contribution in [2.75, 3.05) is 0 Å². The quantitative estimate of drug-likeness (QED) is 0.704. The van der Waals surface area contributed by atoms with Crippen LogP contribution in [0.25, 0.3) is 10.9 Å². The smallest absolute Gasteiger partial charge is 0.295 e. The summed E-state index contributed by atoms with van der Waals surface area (Å²) in [5.41, 5.74) is 2.41. The molecule has 1 amide bonds. The number of fused-ring (bicyclic) bond motifs is 1. The standard InChI is InChI=1S/C15H12N4O2/c1-9-3-2-4-11-12(9)17-15(21)13(11)18-19-14(20)10-5-7-16-8-6-10/h2-8,17,21H,1H3. The summed E-state index contributed by atoms with van der Waals surface area (Å²) in [4.78, 5) is 18.5. The first-order valence-electron chi connectivity index (χ1n) is 6.33. The van der Waals surface area contributed by atoms with Crippen LogP contribution in [0.1, 0.15) is 15.9 Å². The Morgan fingerprint density at radius 3 is 2.76 bits per heavy atom. The Hall–Kier alpha value is -3.02. The Morgan fingerprint density at radius 1 is 1.24 bits per heavy atom. The molecule has 0 spiro atoms. The highest BCUT2D eigenvalue weighted by Gasteiger charge is 2.12. The van der Waals surface area contributed by atoms with Gasteiger partial charge in [0.2, 0.25) is 5.88 Å². The summed E-state index contributed by atoms with van der Waals surface area (Å²) in [7, 11) is 0. The molecule has 3 rings (SSSR count). The van der Waals surface area contributed by atoms with Crippen molar-refractivity contribution in [3.8, 4) is 5.88 Å². The van der Waals surface area contributed by atoms with Crippen LogP contribution in [0, 0.1) is 6.92 Å². The summed E-state index contributed by atoms with van der Waals surface area (Å²) in [6.07, 6.45) is 3.02. The third-order valence-corrected chi connectivity index (χ3v) is 3.16. The Balaban J connectivity index is 1.99. The number of carbonyl (C=O) groups is 1. The van der Waals surface area contributed by atoms with E-state index >= 15 is 0 Å². The average molecular weight is 280 g/mol. The number of H-pyrrole nitrogens is 1. The van der Waals surface area contributed by atoms with E-state index in [0.29, 0.717) is 5.56 Å². The number of para-hydroxylation sites is 1. The number of azo groups is 1. The maximum Gasteiger partial charge on any atom is 0.295 e. The molecule has 0 aliphatic heterocycles. The molecule has 0 aliphatic rings. The van der Waals surface area contributed by atoms with Crippen LogP contribution in [0.5, 0.6) is 5.88 Å². The van der Waals surface area contributed by atoms with Gasteiger partial charge >= 0.3 is 0 Å². The predicted octanol–water partition coefficient (Wildman–Crippen LogP) is 3.50. The van der Waals surface area contributed by atoms with Gasteiger partial charge in [-0.05, 0) is 24.6 Å². The molecule has 0 atom stereocenters. The first-order valence-corrected chi connectivity index (χ1v) is 6.33. The summed E-state index contributed by atoms with van der Waals surface area (Å²) >= 11 is 0. The molecule has 0 saturated heterocycles. The van der Waals surface area contributed by atoms with E-state index in [9.17, 15) is 9.90 Å². The number of hydrogen-bond donors (Lipinski definition) is 2. The van der Waals surface area contributed by atoms with Crippen molar-refractivity contribution in [2.45, 2.75) is 6.92 Å². The Kier molecular flexibility index (Phi) is 3.19. The molecule has 0 unspecified atom stereocenters. The van der Waals surface area contributed by atoms with Crippen molar-refractivity contribution in [3.63, 3.8) is 0 Å². The van der Waals surface area contributed by atoms with Gasteiger partial charge in [0, 0.05) is 23.3 Å². The van der Waals surface area contributed by atoms with Gasteiger partial charge in [0.25, 0.3) is 5.91 Å². The van der Waals surface area contributed by atoms with Gasteiger partial charge < -0.3 is 10.1 Å². The molecule has 1 aromatic carbocycles. The first kappa shape index (κ1) is 13.0. The molecule has 2 aromatic heterocycles. The highest BCUT2D eigenvalue weighted by atomic mass is 16.3. The van der Waals surface area contributed by atoms with Gasteiger partial charge in [-0.2, -0.15) is 0 Å². The van der Waals surface area contributed by atoms with Crippen LogP contribution in [-0.4, -0.2) is 21.0 Å². The summed E-state index contributed by atoms with van der Waals surface area (Å²) < 4.78 is 0. The van der Waals surface area contributed by atoms with Crippen molar-refractivity contribution in [2.24, 2.45) is 10.2 Å². The molecule has 104 valence electrons. The number of nitrogens with zero attached hydrogens (tertiary/aromatic N) is 3. The summed E-state index contributed by atoms with van der Waals surface area (Å²) in [5.74, 6) is -0.593. The predicted molar refractivity (Wildman–Crippen MR) is 77.8 cm³/mol. The minimum Gasteiger partial charge on any atom is -0.493 e. The zero-order valence-corrected chi connectivity index (χ0v) is 11.2. The van der Waals surface area contributed by atoms with Crippen LogP contribution in [-0.2, 0) is 0 Å². The second-order valence-electron chi connectivity index (χ2n) is 4.56. The average Bonchev–Trinajstić information content (AvgIpc) is 2.83. The second kappa shape index (κ2) is 5.16. The van der Waals surface area contributed by atoms with Crippen LogP contribution in [0.3, 0.4) is 0 Å². The van der Waals surface area contributed by atoms with Crippen LogP contribution in [0.4, 0.5) is 5.69 Å². The number of amides is 1. The molecule has 6 heteroatoms. The number of rotatable bonds is 2.